The molecule has 3 aromatic rings. The molecule has 176 valence electrons. The number of carbonyl (C=O) groups excluding carboxylic acids is 1. The van der Waals surface area contributed by atoms with Gasteiger partial charge < -0.3 is 18.8 Å². The van der Waals surface area contributed by atoms with Crippen LogP contribution in [0.3, 0.4) is 0 Å². The Kier molecular flexibility index (Phi) is 6.16. The van der Waals surface area contributed by atoms with Gasteiger partial charge >= 0.3 is 6.09 Å². The molecule has 5 rings (SSSR count). The van der Waals surface area contributed by atoms with Gasteiger partial charge in [0.1, 0.15) is 17.9 Å². The Morgan fingerprint density at radius 2 is 1.85 bits per heavy atom. The van der Waals surface area contributed by atoms with E-state index in [0.29, 0.717) is 17.3 Å². The SMILES string of the molecule is CC(C)OC(=O)Nc1ccc(-c2c(C#N)c3ccc(OC4CCOCC4)cc3n2C2CC2)cc1. The van der Waals surface area contributed by atoms with Crippen LogP contribution in [0, 0.1) is 11.3 Å². The van der Waals surface area contributed by atoms with E-state index in [9.17, 15) is 10.1 Å². The first-order valence-electron chi connectivity index (χ1n) is 11.9. The highest BCUT2D eigenvalue weighted by Gasteiger charge is 2.31. The van der Waals surface area contributed by atoms with E-state index in [-0.39, 0.29) is 12.2 Å². The lowest BCUT2D eigenvalue weighted by Crippen LogP contribution is -2.25. The molecule has 1 amide bonds. The Labute approximate surface area is 199 Å². The summed E-state index contributed by atoms with van der Waals surface area (Å²) in [4.78, 5) is 11.9. The van der Waals surface area contributed by atoms with E-state index < -0.39 is 6.09 Å². The fraction of sp³-hybridized carbons (Fsp3) is 0.407. The second-order valence-corrected chi connectivity index (χ2v) is 9.20. The highest BCUT2D eigenvalue weighted by atomic mass is 16.6. The molecule has 0 atom stereocenters. The van der Waals surface area contributed by atoms with Gasteiger partial charge in [0.2, 0.25) is 0 Å². The van der Waals surface area contributed by atoms with Gasteiger partial charge in [-0.1, -0.05) is 12.1 Å². The third kappa shape index (κ3) is 4.59. The van der Waals surface area contributed by atoms with Crippen LogP contribution in [0.2, 0.25) is 0 Å². The largest absolute Gasteiger partial charge is 0.490 e. The Hall–Kier alpha value is -3.50. The number of anilines is 1. The summed E-state index contributed by atoms with van der Waals surface area (Å²) in [5.74, 6) is 0.832. The van der Waals surface area contributed by atoms with Crippen LogP contribution in [0.1, 0.15) is 51.1 Å². The summed E-state index contributed by atoms with van der Waals surface area (Å²) in [6, 6.07) is 16.4. The van der Waals surface area contributed by atoms with Crippen molar-refractivity contribution < 1.29 is 19.0 Å². The van der Waals surface area contributed by atoms with Crippen molar-refractivity contribution >= 4 is 22.7 Å². The van der Waals surface area contributed by atoms with Gasteiger partial charge in [-0.05, 0) is 56.5 Å². The number of hydrogen-bond acceptors (Lipinski definition) is 5. The predicted octanol–water partition coefficient (Wildman–Crippen LogP) is 6.03. The number of carbonyl (C=O) groups is 1. The molecule has 7 nitrogen and oxygen atoms in total. The third-order valence-corrected chi connectivity index (χ3v) is 6.22. The van der Waals surface area contributed by atoms with E-state index in [1.54, 1.807) is 0 Å². The number of nitrogens with zero attached hydrogens (tertiary/aromatic N) is 2. The van der Waals surface area contributed by atoms with Crippen molar-refractivity contribution in [3.8, 4) is 23.1 Å². The number of hydrogen-bond donors (Lipinski definition) is 1. The zero-order valence-electron chi connectivity index (χ0n) is 19.5. The Bertz CT molecular complexity index is 1230. The number of nitriles is 1. The van der Waals surface area contributed by atoms with Crippen LogP contribution in [0.5, 0.6) is 5.75 Å². The first-order valence-corrected chi connectivity index (χ1v) is 11.9. The van der Waals surface area contributed by atoms with Crippen LogP contribution >= 0.6 is 0 Å². The molecule has 2 fully saturated rings. The van der Waals surface area contributed by atoms with Gasteiger partial charge in [0.15, 0.2) is 0 Å². The molecule has 1 aliphatic heterocycles. The molecule has 1 saturated carbocycles. The lowest BCUT2D eigenvalue weighted by molar-refractivity contribution is 0.0256. The highest BCUT2D eigenvalue weighted by molar-refractivity contribution is 5.96. The van der Waals surface area contributed by atoms with Crippen molar-refractivity contribution in [3.05, 3.63) is 48.0 Å². The van der Waals surface area contributed by atoms with Crippen LogP contribution in [-0.2, 0) is 9.47 Å². The normalized spacial score (nSPS) is 16.4. The number of aromatic nitrogens is 1. The second kappa shape index (κ2) is 9.40. The Balaban J connectivity index is 1.49. The van der Waals surface area contributed by atoms with E-state index in [0.717, 1.165) is 66.8 Å². The van der Waals surface area contributed by atoms with Gasteiger partial charge in [0.25, 0.3) is 0 Å². The van der Waals surface area contributed by atoms with Crippen LogP contribution in [0.25, 0.3) is 22.2 Å². The summed E-state index contributed by atoms with van der Waals surface area (Å²) in [7, 11) is 0. The maximum atomic E-state index is 11.9. The summed E-state index contributed by atoms with van der Waals surface area (Å²) < 4.78 is 19.1. The Morgan fingerprint density at radius 3 is 2.50 bits per heavy atom. The number of benzene rings is 2. The van der Waals surface area contributed by atoms with Crippen LogP contribution < -0.4 is 10.1 Å². The number of ether oxygens (including phenoxy) is 3. The fourth-order valence-electron chi connectivity index (χ4n) is 4.53. The molecule has 2 aromatic carbocycles. The lowest BCUT2D eigenvalue weighted by Gasteiger charge is -2.23. The summed E-state index contributed by atoms with van der Waals surface area (Å²) in [6.45, 7) is 5.08. The summed E-state index contributed by atoms with van der Waals surface area (Å²) in [5.41, 5.74) is 4.20. The minimum atomic E-state index is -0.482. The predicted molar refractivity (Wildman–Crippen MR) is 130 cm³/mol. The lowest BCUT2D eigenvalue weighted by atomic mass is 10.1. The van der Waals surface area contributed by atoms with Gasteiger partial charge in [-0.15, -0.1) is 0 Å². The average Bonchev–Trinajstić information content (AvgIpc) is 3.61. The monoisotopic (exact) mass is 459 g/mol. The van der Waals surface area contributed by atoms with Crippen molar-refractivity contribution in [1.29, 1.82) is 5.26 Å². The molecule has 2 aliphatic rings. The van der Waals surface area contributed by atoms with E-state index in [2.05, 4.69) is 22.0 Å². The van der Waals surface area contributed by atoms with E-state index in [1.165, 1.54) is 0 Å². The first-order chi connectivity index (χ1) is 16.5. The molecular formula is C27H29N3O4. The van der Waals surface area contributed by atoms with Gasteiger partial charge in [-0.25, -0.2) is 4.79 Å². The molecular weight excluding hydrogens is 430 g/mol. The third-order valence-electron chi connectivity index (χ3n) is 6.22. The smallest absolute Gasteiger partial charge is 0.411 e. The first kappa shape index (κ1) is 22.3. The minimum Gasteiger partial charge on any atom is -0.490 e. The van der Waals surface area contributed by atoms with Crippen molar-refractivity contribution in [1.82, 2.24) is 4.57 Å². The zero-order valence-corrected chi connectivity index (χ0v) is 19.5. The summed E-state index contributed by atoms with van der Waals surface area (Å²) in [6.07, 6.45) is 3.45. The molecule has 1 aliphatic carbocycles. The summed E-state index contributed by atoms with van der Waals surface area (Å²) in [5, 5.41) is 13.8. The number of fused-ring (bicyclic) bond motifs is 1. The summed E-state index contributed by atoms with van der Waals surface area (Å²) >= 11 is 0. The Morgan fingerprint density at radius 1 is 1.12 bits per heavy atom. The molecule has 7 heteroatoms. The topological polar surface area (TPSA) is 85.5 Å². The number of rotatable bonds is 6. The molecule has 0 radical (unpaired) electrons. The zero-order chi connectivity index (χ0) is 23.7. The molecule has 34 heavy (non-hydrogen) atoms. The van der Waals surface area contributed by atoms with Crippen molar-refractivity contribution in [2.75, 3.05) is 18.5 Å². The number of amides is 1. The van der Waals surface area contributed by atoms with Crippen LogP contribution in [0.4, 0.5) is 10.5 Å². The van der Waals surface area contributed by atoms with Crippen molar-refractivity contribution in [2.45, 2.75) is 57.8 Å². The maximum Gasteiger partial charge on any atom is 0.411 e. The molecule has 0 bridgehead atoms. The molecule has 1 saturated heterocycles. The van der Waals surface area contributed by atoms with E-state index in [1.807, 2.05) is 50.2 Å². The molecule has 2 heterocycles. The molecule has 0 unspecified atom stereocenters. The minimum absolute atomic E-state index is 0.160. The van der Waals surface area contributed by atoms with E-state index in [4.69, 9.17) is 14.2 Å². The van der Waals surface area contributed by atoms with E-state index >= 15 is 0 Å². The van der Waals surface area contributed by atoms with Gasteiger partial charge in [0, 0.05) is 36.0 Å². The maximum absolute atomic E-state index is 11.9. The van der Waals surface area contributed by atoms with Gasteiger partial charge in [-0.2, -0.15) is 5.26 Å². The highest BCUT2D eigenvalue weighted by Crippen LogP contribution is 2.45. The van der Waals surface area contributed by atoms with Gasteiger partial charge in [-0.3, -0.25) is 5.32 Å². The molecule has 1 N–H and O–H groups in total. The average molecular weight is 460 g/mol. The number of nitrogens with one attached hydrogen (secondary N) is 1. The quantitative estimate of drug-likeness (QED) is 0.486. The second-order valence-electron chi connectivity index (χ2n) is 9.20. The van der Waals surface area contributed by atoms with Crippen LogP contribution in [-0.4, -0.2) is 36.1 Å². The van der Waals surface area contributed by atoms with Crippen molar-refractivity contribution in [3.63, 3.8) is 0 Å². The fourth-order valence-corrected chi connectivity index (χ4v) is 4.53. The standard InChI is InChI=1S/C27H29N3O4/c1-17(2)33-27(31)29-19-5-3-18(4-6-19)26-24(16-28)23-10-9-22(34-21-11-13-32-14-12-21)15-25(23)30(26)20-7-8-20/h3-6,9-10,15,17,20-21H,7-8,11-14H2,1-2H3,(H,29,31). The molecule has 0 spiro atoms. The van der Waals surface area contributed by atoms with Gasteiger partial charge in [0.05, 0.1) is 36.1 Å². The molecule has 1 aromatic heterocycles. The van der Waals surface area contributed by atoms with Crippen LogP contribution in [0.15, 0.2) is 42.5 Å². The van der Waals surface area contributed by atoms with Crippen molar-refractivity contribution in [2.24, 2.45) is 0 Å².